The number of fused-ring (bicyclic) bond motifs is 2. The number of aliphatic hydroxyl groups excluding tert-OH is 1. The number of hydrogen-bond donors (Lipinski definition) is 2. The summed E-state index contributed by atoms with van der Waals surface area (Å²) in [7, 11) is 0. The lowest BCUT2D eigenvalue weighted by Gasteiger charge is -2.40. The lowest BCUT2D eigenvalue weighted by atomic mass is 9.77. The van der Waals surface area contributed by atoms with Gasteiger partial charge in [-0.05, 0) is 44.6 Å². The average Bonchev–Trinajstić information content (AvgIpc) is 3.41. The van der Waals surface area contributed by atoms with E-state index in [1.807, 2.05) is 63.3 Å². The van der Waals surface area contributed by atoms with Crippen LogP contribution in [0.2, 0.25) is 0 Å². The first-order valence-corrected chi connectivity index (χ1v) is 16.8. The van der Waals surface area contributed by atoms with Gasteiger partial charge in [0, 0.05) is 19.0 Å². The zero-order valence-corrected chi connectivity index (χ0v) is 27.6. The Hall–Kier alpha value is -3.50. The van der Waals surface area contributed by atoms with Gasteiger partial charge in [0.05, 0.1) is 30.7 Å². The summed E-state index contributed by atoms with van der Waals surface area (Å²) in [5, 5.41) is 13.6. The number of likely N-dealkylation sites (tertiary alicyclic amines) is 1. The summed E-state index contributed by atoms with van der Waals surface area (Å²) < 4.78 is 13.1. The smallest absolute Gasteiger partial charge is 0.313 e. The van der Waals surface area contributed by atoms with Crippen molar-refractivity contribution >= 4 is 23.7 Å². The minimum atomic E-state index is -1.44. The maximum atomic E-state index is 14.8. The molecule has 4 heterocycles. The number of amides is 3. The van der Waals surface area contributed by atoms with Gasteiger partial charge in [-0.15, -0.1) is 0 Å². The third-order valence-electron chi connectivity index (χ3n) is 9.90. The molecule has 46 heavy (non-hydrogen) atoms. The van der Waals surface area contributed by atoms with Crippen molar-refractivity contribution in [2.45, 2.75) is 109 Å². The lowest BCUT2D eigenvalue weighted by molar-refractivity contribution is -0.162. The van der Waals surface area contributed by atoms with Gasteiger partial charge in [-0.25, -0.2) is 0 Å². The molecule has 1 unspecified atom stereocenters. The highest BCUT2D eigenvalue weighted by Gasteiger charge is 2.72. The molecule has 1 aromatic rings. The Labute approximate surface area is 272 Å². The molecular formula is C36H49N3O7. The van der Waals surface area contributed by atoms with Crippen LogP contribution in [0, 0.1) is 17.8 Å². The number of allylic oxidation sites excluding steroid dienone is 1. The first kappa shape index (κ1) is 33.9. The molecule has 10 heteroatoms. The Kier molecular flexibility index (Phi) is 10.4. The third kappa shape index (κ3) is 6.26. The van der Waals surface area contributed by atoms with Crippen LogP contribution in [0.15, 0.2) is 54.6 Å². The van der Waals surface area contributed by atoms with Gasteiger partial charge in [0.15, 0.2) is 0 Å². The van der Waals surface area contributed by atoms with Crippen molar-refractivity contribution in [3.05, 3.63) is 60.2 Å². The number of cyclic esters (lactones) is 1. The minimum absolute atomic E-state index is 0.0800. The van der Waals surface area contributed by atoms with Crippen LogP contribution in [0.3, 0.4) is 0 Å². The maximum Gasteiger partial charge on any atom is 0.313 e. The zero-order valence-electron chi connectivity index (χ0n) is 27.6. The van der Waals surface area contributed by atoms with E-state index in [0.29, 0.717) is 24.9 Å². The van der Waals surface area contributed by atoms with Crippen LogP contribution >= 0.6 is 0 Å². The van der Waals surface area contributed by atoms with Crippen molar-refractivity contribution in [1.82, 2.24) is 15.1 Å². The number of nitrogens with one attached hydrogen (secondary N) is 1. The largest absolute Gasteiger partial charge is 0.455 e. The Balaban J connectivity index is 1.63. The van der Waals surface area contributed by atoms with Crippen LogP contribution in [0.5, 0.6) is 0 Å². The normalized spacial score (nSPS) is 33.6. The fourth-order valence-electron chi connectivity index (χ4n) is 7.85. The molecular weight excluding hydrogens is 586 g/mol. The van der Waals surface area contributed by atoms with Gasteiger partial charge in [-0.2, -0.15) is 0 Å². The lowest BCUT2D eigenvalue weighted by Crippen LogP contribution is -2.59. The molecule has 9 atom stereocenters. The van der Waals surface area contributed by atoms with Crippen molar-refractivity contribution in [3.8, 4) is 0 Å². The van der Waals surface area contributed by atoms with Crippen molar-refractivity contribution in [1.29, 1.82) is 0 Å². The van der Waals surface area contributed by atoms with Gasteiger partial charge in [0.25, 0.3) is 0 Å². The molecule has 0 bridgehead atoms. The predicted molar refractivity (Wildman–Crippen MR) is 172 cm³/mol. The Morgan fingerprint density at radius 1 is 1.07 bits per heavy atom. The molecule has 0 aromatic heterocycles. The van der Waals surface area contributed by atoms with Gasteiger partial charge in [0.2, 0.25) is 17.7 Å². The Bertz CT molecular complexity index is 1350. The maximum absolute atomic E-state index is 14.8. The molecule has 4 aliphatic rings. The standard InChI is InChI=1S/C36H49N3O7/c1-6-13-23(4)38-19-12-18-36-30(33(42)39(32(36)34(38)43)26(21-40)20-22(2)3)29-27(46-36)16-10-11-17-28(41)37-24(5)31(45-35(29)44)25-14-8-7-9-15-25/h7-10,12,14-16,18,22-24,26-27,29-32,40H,6,11,13,17,19-21H2,1-5H3,(H,37,41)/b16-10-/t23?,24-,26+,27-,29+,30+,31+,32-,36+/m0/s1. The first-order valence-electron chi connectivity index (χ1n) is 16.8. The number of rotatable bonds is 8. The molecule has 2 saturated heterocycles. The van der Waals surface area contributed by atoms with E-state index in [4.69, 9.17) is 9.47 Å². The highest BCUT2D eigenvalue weighted by molar-refractivity contribution is 5.99. The minimum Gasteiger partial charge on any atom is -0.455 e. The molecule has 0 radical (unpaired) electrons. The van der Waals surface area contributed by atoms with Crippen LogP contribution in [-0.4, -0.2) is 87.6 Å². The molecule has 1 aromatic carbocycles. The highest BCUT2D eigenvalue weighted by atomic mass is 16.6. The second-order valence-electron chi connectivity index (χ2n) is 13.7. The van der Waals surface area contributed by atoms with Gasteiger partial charge in [0.1, 0.15) is 23.7 Å². The number of carbonyl (C=O) groups is 4. The SMILES string of the molecule is CCCC(C)N1CC=C[C@@]23O[C@H]4/C=C\CCC(=O)N[C@@H](C)[C@H](c5ccccc5)OC(=O)[C@H]4[C@@H]2C(=O)N([C@@H](CO)CC(C)C)[C@H]3C1=O. The van der Waals surface area contributed by atoms with E-state index in [1.165, 1.54) is 4.90 Å². The van der Waals surface area contributed by atoms with E-state index in [0.717, 1.165) is 12.8 Å². The van der Waals surface area contributed by atoms with Crippen molar-refractivity contribution < 1.29 is 33.8 Å². The van der Waals surface area contributed by atoms with Crippen LogP contribution in [0.4, 0.5) is 0 Å². The van der Waals surface area contributed by atoms with Crippen LogP contribution in [0.1, 0.15) is 78.4 Å². The zero-order chi connectivity index (χ0) is 33.2. The number of nitrogens with zero attached hydrogens (tertiary/aromatic N) is 2. The van der Waals surface area contributed by atoms with Crippen molar-refractivity contribution in [2.24, 2.45) is 17.8 Å². The molecule has 2 fully saturated rings. The summed E-state index contributed by atoms with van der Waals surface area (Å²) >= 11 is 0. The van der Waals surface area contributed by atoms with Crippen molar-refractivity contribution in [3.63, 3.8) is 0 Å². The Morgan fingerprint density at radius 3 is 2.48 bits per heavy atom. The molecule has 1 spiro atoms. The molecule has 5 rings (SSSR count). The van der Waals surface area contributed by atoms with E-state index in [-0.39, 0.29) is 36.8 Å². The van der Waals surface area contributed by atoms with Crippen LogP contribution < -0.4 is 5.32 Å². The monoisotopic (exact) mass is 635 g/mol. The average molecular weight is 636 g/mol. The second-order valence-corrected chi connectivity index (χ2v) is 13.7. The van der Waals surface area contributed by atoms with E-state index >= 15 is 0 Å². The summed E-state index contributed by atoms with van der Waals surface area (Å²) in [5.74, 6) is -3.41. The fraction of sp³-hybridized carbons (Fsp3) is 0.611. The molecule has 0 aliphatic carbocycles. The molecule has 10 nitrogen and oxygen atoms in total. The van der Waals surface area contributed by atoms with Gasteiger partial charge in [-0.3, -0.25) is 19.2 Å². The van der Waals surface area contributed by atoms with E-state index in [2.05, 4.69) is 12.2 Å². The molecule has 4 aliphatic heterocycles. The second kappa shape index (κ2) is 14.1. The molecule has 250 valence electrons. The number of benzene rings is 1. The summed E-state index contributed by atoms with van der Waals surface area (Å²) in [5.41, 5.74) is -0.735. The molecule has 0 saturated carbocycles. The quantitative estimate of drug-likeness (QED) is 0.330. The number of esters is 1. The highest BCUT2D eigenvalue weighted by Crippen LogP contribution is 2.54. The van der Waals surface area contributed by atoms with Crippen LogP contribution in [-0.2, 0) is 28.7 Å². The van der Waals surface area contributed by atoms with Gasteiger partial charge < -0.3 is 29.7 Å². The van der Waals surface area contributed by atoms with E-state index in [9.17, 15) is 24.3 Å². The van der Waals surface area contributed by atoms with E-state index in [1.54, 1.807) is 24.0 Å². The topological polar surface area (TPSA) is 125 Å². The third-order valence-corrected chi connectivity index (χ3v) is 9.90. The first-order chi connectivity index (χ1) is 22.0. The Morgan fingerprint density at radius 2 is 1.80 bits per heavy atom. The number of ether oxygens (including phenoxy) is 2. The number of hydrogen-bond acceptors (Lipinski definition) is 7. The van der Waals surface area contributed by atoms with Crippen molar-refractivity contribution in [2.75, 3.05) is 13.2 Å². The fourth-order valence-corrected chi connectivity index (χ4v) is 7.85. The predicted octanol–water partition coefficient (Wildman–Crippen LogP) is 3.70. The van der Waals surface area contributed by atoms with Crippen LogP contribution in [0.25, 0.3) is 0 Å². The number of aliphatic hydroxyl groups is 1. The van der Waals surface area contributed by atoms with Gasteiger partial charge >= 0.3 is 5.97 Å². The van der Waals surface area contributed by atoms with E-state index < -0.39 is 59.6 Å². The number of carbonyl (C=O) groups excluding carboxylic acids is 4. The summed E-state index contributed by atoms with van der Waals surface area (Å²) in [4.78, 5) is 59.9. The summed E-state index contributed by atoms with van der Waals surface area (Å²) in [6, 6.07) is 6.90. The molecule has 3 amide bonds. The van der Waals surface area contributed by atoms with Gasteiger partial charge in [-0.1, -0.05) is 81.8 Å². The molecule has 2 N–H and O–H groups in total. The summed E-state index contributed by atoms with van der Waals surface area (Å²) in [6.45, 7) is 9.91. The summed E-state index contributed by atoms with van der Waals surface area (Å²) in [6.07, 6.45) is 8.35.